The van der Waals surface area contributed by atoms with E-state index >= 15 is 0 Å². The molecule has 0 aliphatic heterocycles. The molecule has 0 saturated carbocycles. The van der Waals surface area contributed by atoms with Gasteiger partial charge in [-0.1, -0.05) is 0 Å². The fourth-order valence-electron chi connectivity index (χ4n) is 1.36. The molecule has 0 aliphatic carbocycles. The van der Waals surface area contributed by atoms with Gasteiger partial charge in [0.25, 0.3) is 0 Å². The average molecular weight is 270 g/mol. The highest BCUT2D eigenvalue weighted by Gasteiger charge is 2.30. The van der Waals surface area contributed by atoms with Crippen LogP contribution in [-0.2, 0) is 0 Å². The number of ether oxygens (including phenoxy) is 2. The summed E-state index contributed by atoms with van der Waals surface area (Å²) in [7, 11) is 0. The van der Waals surface area contributed by atoms with Crippen molar-refractivity contribution in [3.05, 3.63) is 48.5 Å². The molecule has 2 aromatic carbocycles. The molecule has 6 heteroatoms. The molecule has 19 heavy (non-hydrogen) atoms. The summed E-state index contributed by atoms with van der Waals surface area (Å²) < 4.78 is 45.0. The molecule has 0 radical (unpaired) electrons. The fraction of sp³-hybridized carbons (Fsp3) is 0.0769. The first-order valence-corrected chi connectivity index (χ1v) is 5.25. The number of phenolic OH excluding ortho intramolecular Hbond substituents is 1. The Balaban J connectivity index is 2.04. The molecule has 0 fully saturated rings. The van der Waals surface area contributed by atoms with Crippen LogP contribution in [0.3, 0.4) is 0 Å². The average Bonchev–Trinajstić information content (AvgIpc) is 2.33. The van der Waals surface area contributed by atoms with Crippen LogP contribution in [0.4, 0.5) is 13.2 Å². The van der Waals surface area contributed by atoms with E-state index in [9.17, 15) is 13.2 Å². The SMILES string of the molecule is Oc1ccc(Oc2ccc(OC(F)(F)F)cc2)cc1. The van der Waals surface area contributed by atoms with Crippen molar-refractivity contribution in [2.24, 2.45) is 0 Å². The Morgan fingerprint density at radius 1 is 0.737 bits per heavy atom. The van der Waals surface area contributed by atoms with Gasteiger partial charge in [-0.2, -0.15) is 0 Å². The van der Waals surface area contributed by atoms with Crippen LogP contribution in [0.5, 0.6) is 23.0 Å². The van der Waals surface area contributed by atoms with Crippen molar-refractivity contribution in [3.63, 3.8) is 0 Å². The Morgan fingerprint density at radius 2 is 1.16 bits per heavy atom. The monoisotopic (exact) mass is 270 g/mol. The third-order valence-corrected chi connectivity index (χ3v) is 2.13. The van der Waals surface area contributed by atoms with E-state index in [1.54, 1.807) is 0 Å². The Bertz CT molecular complexity index is 533. The first-order valence-electron chi connectivity index (χ1n) is 5.25. The fourth-order valence-corrected chi connectivity index (χ4v) is 1.36. The molecule has 2 aromatic rings. The van der Waals surface area contributed by atoms with Crippen molar-refractivity contribution >= 4 is 0 Å². The van der Waals surface area contributed by atoms with Gasteiger partial charge in [-0.3, -0.25) is 0 Å². The van der Waals surface area contributed by atoms with Gasteiger partial charge in [-0.05, 0) is 48.5 Å². The number of hydrogen-bond donors (Lipinski definition) is 1. The predicted molar refractivity (Wildman–Crippen MR) is 61.3 cm³/mol. The van der Waals surface area contributed by atoms with E-state index in [-0.39, 0.29) is 11.5 Å². The third-order valence-electron chi connectivity index (χ3n) is 2.13. The number of alkyl halides is 3. The van der Waals surface area contributed by atoms with Crippen molar-refractivity contribution in [1.29, 1.82) is 0 Å². The van der Waals surface area contributed by atoms with E-state index in [1.807, 2.05) is 0 Å². The molecular weight excluding hydrogens is 261 g/mol. The molecule has 0 aromatic heterocycles. The second kappa shape index (κ2) is 5.09. The maximum atomic E-state index is 11.9. The molecule has 3 nitrogen and oxygen atoms in total. The third kappa shape index (κ3) is 4.09. The van der Waals surface area contributed by atoms with E-state index in [2.05, 4.69) is 4.74 Å². The predicted octanol–water partition coefficient (Wildman–Crippen LogP) is 4.08. The van der Waals surface area contributed by atoms with Gasteiger partial charge in [0.1, 0.15) is 23.0 Å². The van der Waals surface area contributed by atoms with Gasteiger partial charge in [0.05, 0.1) is 0 Å². The highest BCUT2D eigenvalue weighted by Crippen LogP contribution is 2.27. The second-order valence-electron chi connectivity index (χ2n) is 3.62. The molecule has 0 spiro atoms. The number of benzene rings is 2. The lowest BCUT2D eigenvalue weighted by Gasteiger charge is -2.10. The van der Waals surface area contributed by atoms with Crippen molar-refractivity contribution in [2.75, 3.05) is 0 Å². The Labute approximate surface area is 106 Å². The van der Waals surface area contributed by atoms with E-state index in [0.717, 1.165) is 12.1 Å². The van der Waals surface area contributed by atoms with Gasteiger partial charge >= 0.3 is 6.36 Å². The molecule has 0 bridgehead atoms. The summed E-state index contributed by atoms with van der Waals surface area (Å²) in [5.41, 5.74) is 0. The summed E-state index contributed by atoms with van der Waals surface area (Å²) in [5, 5.41) is 9.09. The normalized spacial score (nSPS) is 11.1. The van der Waals surface area contributed by atoms with E-state index in [4.69, 9.17) is 9.84 Å². The van der Waals surface area contributed by atoms with Crippen LogP contribution in [0.1, 0.15) is 0 Å². The quantitative estimate of drug-likeness (QED) is 0.913. The maximum Gasteiger partial charge on any atom is 0.573 e. The maximum absolute atomic E-state index is 11.9. The largest absolute Gasteiger partial charge is 0.573 e. The summed E-state index contributed by atoms with van der Waals surface area (Å²) in [4.78, 5) is 0. The van der Waals surface area contributed by atoms with Crippen LogP contribution in [0.25, 0.3) is 0 Å². The summed E-state index contributed by atoms with van der Waals surface area (Å²) in [6.45, 7) is 0. The molecule has 0 amide bonds. The molecule has 0 heterocycles. The van der Waals surface area contributed by atoms with Crippen LogP contribution in [0, 0.1) is 0 Å². The number of phenols is 1. The van der Waals surface area contributed by atoms with Gasteiger partial charge in [0.2, 0.25) is 0 Å². The van der Waals surface area contributed by atoms with Gasteiger partial charge in [-0.25, -0.2) is 0 Å². The van der Waals surface area contributed by atoms with Crippen molar-refractivity contribution in [3.8, 4) is 23.0 Å². The van der Waals surface area contributed by atoms with E-state index in [0.29, 0.717) is 11.5 Å². The topological polar surface area (TPSA) is 38.7 Å². The standard InChI is InChI=1S/C13H9F3O3/c14-13(15,16)19-12-7-5-11(6-8-12)18-10-3-1-9(17)2-4-10/h1-8,17H. The summed E-state index contributed by atoms with van der Waals surface area (Å²) >= 11 is 0. The van der Waals surface area contributed by atoms with Gasteiger partial charge in [0, 0.05) is 0 Å². The van der Waals surface area contributed by atoms with E-state index in [1.165, 1.54) is 36.4 Å². The summed E-state index contributed by atoms with van der Waals surface area (Å²) in [5.74, 6) is 0.606. The molecule has 100 valence electrons. The number of halogens is 3. The van der Waals surface area contributed by atoms with Crippen molar-refractivity contribution in [2.45, 2.75) is 6.36 Å². The number of rotatable bonds is 3. The zero-order valence-electron chi connectivity index (χ0n) is 9.52. The molecule has 0 unspecified atom stereocenters. The minimum atomic E-state index is -4.71. The van der Waals surface area contributed by atoms with Crippen LogP contribution in [-0.4, -0.2) is 11.5 Å². The van der Waals surface area contributed by atoms with Gasteiger partial charge < -0.3 is 14.6 Å². The number of aromatic hydroxyl groups is 1. The Kier molecular flexibility index (Phi) is 3.50. The van der Waals surface area contributed by atoms with Gasteiger partial charge in [0.15, 0.2) is 0 Å². The minimum absolute atomic E-state index is 0.0984. The van der Waals surface area contributed by atoms with Crippen LogP contribution >= 0.6 is 0 Å². The second-order valence-corrected chi connectivity index (χ2v) is 3.62. The van der Waals surface area contributed by atoms with E-state index < -0.39 is 6.36 Å². The molecular formula is C13H9F3O3. The molecule has 0 saturated heterocycles. The molecule has 0 aliphatic rings. The minimum Gasteiger partial charge on any atom is -0.508 e. The number of hydrogen-bond acceptors (Lipinski definition) is 3. The molecule has 0 atom stereocenters. The van der Waals surface area contributed by atoms with Gasteiger partial charge in [-0.15, -0.1) is 13.2 Å². The lowest BCUT2D eigenvalue weighted by molar-refractivity contribution is -0.274. The highest BCUT2D eigenvalue weighted by molar-refractivity contribution is 5.37. The van der Waals surface area contributed by atoms with Crippen LogP contribution in [0.15, 0.2) is 48.5 Å². The lowest BCUT2D eigenvalue weighted by atomic mass is 10.3. The Morgan fingerprint density at radius 3 is 1.63 bits per heavy atom. The summed E-state index contributed by atoms with van der Waals surface area (Å²) in [6.07, 6.45) is -4.71. The highest BCUT2D eigenvalue weighted by atomic mass is 19.4. The molecule has 1 N–H and O–H groups in total. The smallest absolute Gasteiger partial charge is 0.508 e. The van der Waals surface area contributed by atoms with Crippen LogP contribution < -0.4 is 9.47 Å². The van der Waals surface area contributed by atoms with Crippen molar-refractivity contribution < 1.29 is 27.8 Å². The first kappa shape index (κ1) is 13.1. The molecule has 2 rings (SSSR count). The van der Waals surface area contributed by atoms with Crippen molar-refractivity contribution in [1.82, 2.24) is 0 Å². The Hall–Kier alpha value is -2.37. The summed E-state index contributed by atoms with van der Waals surface area (Å²) in [6, 6.07) is 11.0. The zero-order valence-corrected chi connectivity index (χ0v) is 9.52. The lowest BCUT2D eigenvalue weighted by Crippen LogP contribution is -2.16. The first-order chi connectivity index (χ1) is 8.92. The van der Waals surface area contributed by atoms with Crippen LogP contribution in [0.2, 0.25) is 0 Å². The zero-order chi connectivity index (χ0) is 13.9.